The minimum Gasteiger partial charge on any atom is -0.497 e. The quantitative estimate of drug-likeness (QED) is 0.730. The highest BCUT2D eigenvalue weighted by Gasteiger charge is 2.21. The van der Waals surface area contributed by atoms with Gasteiger partial charge in [0.2, 0.25) is 11.8 Å². The number of benzene rings is 2. The third-order valence-electron chi connectivity index (χ3n) is 3.85. The van der Waals surface area contributed by atoms with E-state index < -0.39 is 5.41 Å². The molecule has 0 saturated carbocycles. The van der Waals surface area contributed by atoms with E-state index in [0.29, 0.717) is 28.4 Å². The molecule has 2 aromatic carbocycles. The van der Waals surface area contributed by atoms with E-state index in [-0.39, 0.29) is 17.7 Å². The highest BCUT2D eigenvalue weighted by atomic mass is 16.5. The Hall–Kier alpha value is -3.35. The van der Waals surface area contributed by atoms with Crippen LogP contribution in [0.5, 0.6) is 5.75 Å². The molecule has 0 bridgehead atoms. The average Bonchev–Trinajstić information content (AvgIpc) is 2.62. The van der Waals surface area contributed by atoms with Crippen LogP contribution in [0.1, 0.15) is 38.1 Å². The summed E-state index contributed by atoms with van der Waals surface area (Å²) in [6, 6.07) is 11.6. The van der Waals surface area contributed by atoms with Crippen LogP contribution in [-0.4, -0.2) is 24.8 Å². The molecule has 0 atom stereocenters. The normalized spacial score (nSPS) is 10.8. The number of carbonyl (C=O) groups is 3. The van der Waals surface area contributed by atoms with Gasteiger partial charge in [-0.15, -0.1) is 0 Å². The van der Waals surface area contributed by atoms with Gasteiger partial charge in [-0.3, -0.25) is 14.4 Å². The summed E-state index contributed by atoms with van der Waals surface area (Å²) in [7, 11) is 1.51. The minimum atomic E-state index is -0.549. The van der Waals surface area contributed by atoms with E-state index in [1.54, 1.807) is 42.5 Å². The summed E-state index contributed by atoms with van der Waals surface area (Å²) in [5, 5.41) is 8.24. The van der Waals surface area contributed by atoms with E-state index in [9.17, 15) is 14.4 Å². The van der Waals surface area contributed by atoms with Crippen molar-refractivity contribution in [3.8, 4) is 5.75 Å². The predicted molar refractivity (Wildman–Crippen MR) is 110 cm³/mol. The van der Waals surface area contributed by atoms with Crippen molar-refractivity contribution in [2.45, 2.75) is 27.7 Å². The molecule has 0 aromatic heterocycles. The zero-order valence-electron chi connectivity index (χ0n) is 16.7. The number of hydrogen-bond acceptors (Lipinski definition) is 4. The van der Waals surface area contributed by atoms with Crippen LogP contribution in [0.15, 0.2) is 42.5 Å². The number of hydrogen-bond donors (Lipinski definition) is 3. The van der Waals surface area contributed by atoms with E-state index in [1.165, 1.54) is 14.0 Å². The number of ether oxygens (including phenoxy) is 1. The number of anilines is 3. The van der Waals surface area contributed by atoms with Gasteiger partial charge in [0.15, 0.2) is 0 Å². The molecule has 0 unspecified atom stereocenters. The van der Waals surface area contributed by atoms with Crippen molar-refractivity contribution in [3.63, 3.8) is 0 Å². The van der Waals surface area contributed by atoms with Crippen LogP contribution in [0.25, 0.3) is 0 Å². The summed E-state index contributed by atoms with van der Waals surface area (Å²) >= 11 is 0. The van der Waals surface area contributed by atoms with E-state index >= 15 is 0 Å². The summed E-state index contributed by atoms with van der Waals surface area (Å²) in [5.74, 6) is -0.249. The molecular weight excluding hydrogens is 358 g/mol. The largest absolute Gasteiger partial charge is 0.497 e. The minimum absolute atomic E-state index is 0.147. The molecule has 7 nitrogen and oxygen atoms in total. The van der Waals surface area contributed by atoms with E-state index in [4.69, 9.17) is 4.74 Å². The zero-order chi connectivity index (χ0) is 20.9. The maximum absolute atomic E-state index is 12.7. The molecule has 0 aliphatic carbocycles. The van der Waals surface area contributed by atoms with Crippen molar-refractivity contribution in [3.05, 3.63) is 48.0 Å². The van der Waals surface area contributed by atoms with Gasteiger partial charge in [0.05, 0.1) is 18.5 Å². The van der Waals surface area contributed by atoms with Gasteiger partial charge in [-0.25, -0.2) is 0 Å². The lowest BCUT2D eigenvalue weighted by molar-refractivity contribution is -0.123. The van der Waals surface area contributed by atoms with E-state index in [2.05, 4.69) is 16.0 Å². The van der Waals surface area contributed by atoms with Crippen LogP contribution >= 0.6 is 0 Å². The Labute approximate surface area is 164 Å². The fourth-order valence-corrected chi connectivity index (χ4v) is 2.30. The van der Waals surface area contributed by atoms with Crippen LogP contribution in [-0.2, 0) is 9.59 Å². The van der Waals surface area contributed by atoms with Crippen molar-refractivity contribution in [2.24, 2.45) is 5.41 Å². The Morgan fingerprint density at radius 2 is 1.61 bits per heavy atom. The summed E-state index contributed by atoms with van der Waals surface area (Å²) in [5.41, 5.74) is 1.21. The lowest BCUT2D eigenvalue weighted by Gasteiger charge is -2.18. The summed E-state index contributed by atoms with van der Waals surface area (Å²) < 4.78 is 5.19. The van der Waals surface area contributed by atoms with E-state index in [1.807, 2.05) is 20.8 Å². The Kier molecular flexibility index (Phi) is 6.41. The molecule has 3 amide bonds. The molecule has 2 aromatic rings. The predicted octanol–water partition coefficient (Wildman–Crippen LogP) is 3.89. The van der Waals surface area contributed by atoms with Crippen molar-refractivity contribution < 1.29 is 19.1 Å². The number of carbonyl (C=O) groups excluding carboxylic acids is 3. The van der Waals surface area contributed by atoms with Crippen molar-refractivity contribution in [2.75, 3.05) is 23.1 Å². The SMILES string of the molecule is COc1ccc(NC(C)=O)c(NC(=O)c2cccc(NC(=O)C(C)(C)C)c2)c1. The van der Waals surface area contributed by atoms with Crippen LogP contribution in [0.2, 0.25) is 0 Å². The molecule has 148 valence electrons. The Balaban J connectivity index is 2.24. The first-order valence-corrected chi connectivity index (χ1v) is 8.78. The van der Waals surface area contributed by atoms with Crippen LogP contribution in [0, 0.1) is 5.41 Å². The molecule has 2 rings (SSSR count). The van der Waals surface area contributed by atoms with Crippen LogP contribution < -0.4 is 20.7 Å². The first-order valence-electron chi connectivity index (χ1n) is 8.78. The van der Waals surface area contributed by atoms with Crippen LogP contribution in [0.3, 0.4) is 0 Å². The molecule has 0 spiro atoms. The molecule has 0 saturated heterocycles. The maximum Gasteiger partial charge on any atom is 0.255 e. The molecule has 0 radical (unpaired) electrons. The van der Waals surface area contributed by atoms with Gasteiger partial charge in [0.1, 0.15) is 5.75 Å². The van der Waals surface area contributed by atoms with Crippen LogP contribution in [0.4, 0.5) is 17.1 Å². The summed E-state index contributed by atoms with van der Waals surface area (Å²) in [6.45, 7) is 6.82. The van der Waals surface area contributed by atoms with Crippen molar-refractivity contribution in [1.29, 1.82) is 0 Å². The van der Waals surface area contributed by atoms with Crippen molar-refractivity contribution >= 4 is 34.8 Å². The summed E-state index contributed by atoms with van der Waals surface area (Å²) in [4.78, 5) is 36.3. The molecular formula is C21H25N3O4. The molecule has 0 heterocycles. The first kappa shape index (κ1) is 21.0. The molecule has 0 aliphatic rings. The second-order valence-electron chi connectivity index (χ2n) is 7.33. The maximum atomic E-state index is 12.7. The number of amides is 3. The Morgan fingerprint density at radius 3 is 2.21 bits per heavy atom. The van der Waals surface area contributed by atoms with Gasteiger partial charge >= 0.3 is 0 Å². The Bertz CT molecular complexity index is 901. The number of methoxy groups -OCH3 is 1. The highest BCUT2D eigenvalue weighted by molar-refractivity contribution is 6.08. The lowest BCUT2D eigenvalue weighted by atomic mass is 9.95. The number of nitrogens with one attached hydrogen (secondary N) is 3. The molecule has 3 N–H and O–H groups in total. The fraction of sp³-hybridized carbons (Fsp3) is 0.286. The third kappa shape index (κ3) is 5.57. The molecule has 0 fully saturated rings. The van der Waals surface area contributed by atoms with Gasteiger partial charge < -0.3 is 20.7 Å². The Morgan fingerprint density at radius 1 is 0.893 bits per heavy atom. The first-order chi connectivity index (χ1) is 13.1. The second kappa shape index (κ2) is 8.56. The molecule has 0 aliphatic heterocycles. The molecule has 28 heavy (non-hydrogen) atoms. The van der Waals surface area contributed by atoms with Gasteiger partial charge in [-0.05, 0) is 30.3 Å². The second-order valence-corrected chi connectivity index (χ2v) is 7.33. The topological polar surface area (TPSA) is 96.5 Å². The highest BCUT2D eigenvalue weighted by Crippen LogP contribution is 2.28. The van der Waals surface area contributed by atoms with Crippen molar-refractivity contribution in [1.82, 2.24) is 0 Å². The average molecular weight is 383 g/mol. The van der Waals surface area contributed by atoms with Gasteiger partial charge in [0, 0.05) is 29.7 Å². The van der Waals surface area contributed by atoms with Gasteiger partial charge in [-0.1, -0.05) is 26.8 Å². The fourth-order valence-electron chi connectivity index (χ4n) is 2.30. The monoisotopic (exact) mass is 383 g/mol. The smallest absolute Gasteiger partial charge is 0.255 e. The van der Waals surface area contributed by atoms with E-state index in [0.717, 1.165) is 0 Å². The summed E-state index contributed by atoms with van der Waals surface area (Å²) in [6.07, 6.45) is 0. The van der Waals surface area contributed by atoms with Gasteiger partial charge in [0.25, 0.3) is 5.91 Å². The zero-order valence-corrected chi connectivity index (χ0v) is 16.7. The van der Waals surface area contributed by atoms with Gasteiger partial charge in [-0.2, -0.15) is 0 Å². The third-order valence-corrected chi connectivity index (χ3v) is 3.85. The lowest BCUT2D eigenvalue weighted by Crippen LogP contribution is -2.27. The standard InChI is InChI=1S/C21H25N3O4/c1-13(25)22-17-10-9-16(28-5)12-18(17)24-19(26)14-7-6-8-15(11-14)23-20(27)21(2,3)4/h6-12H,1-5H3,(H,22,25)(H,23,27)(H,24,26). The number of rotatable bonds is 5. The molecule has 7 heteroatoms.